The van der Waals surface area contributed by atoms with E-state index >= 15 is 0 Å². The SMILES string of the molecule is CCC(CC)N1CCOC(C)(C)C1. The molecular formula is C11H23NO. The molecule has 1 aliphatic rings. The Morgan fingerprint density at radius 1 is 1.31 bits per heavy atom. The van der Waals surface area contributed by atoms with Crippen LogP contribution in [0.3, 0.4) is 0 Å². The zero-order valence-electron chi connectivity index (χ0n) is 9.47. The summed E-state index contributed by atoms with van der Waals surface area (Å²) >= 11 is 0. The first-order valence-electron chi connectivity index (χ1n) is 5.47. The Hall–Kier alpha value is -0.0800. The maximum atomic E-state index is 5.69. The van der Waals surface area contributed by atoms with Crippen molar-refractivity contribution in [3.8, 4) is 0 Å². The lowest BCUT2D eigenvalue weighted by atomic mass is 10.0. The van der Waals surface area contributed by atoms with Crippen LogP contribution in [0.4, 0.5) is 0 Å². The predicted octanol–water partition coefficient (Wildman–Crippen LogP) is 2.29. The van der Waals surface area contributed by atoms with E-state index in [-0.39, 0.29) is 5.60 Å². The van der Waals surface area contributed by atoms with Gasteiger partial charge in [0.25, 0.3) is 0 Å². The van der Waals surface area contributed by atoms with Crippen LogP contribution in [0.1, 0.15) is 40.5 Å². The van der Waals surface area contributed by atoms with Gasteiger partial charge in [-0.2, -0.15) is 0 Å². The minimum Gasteiger partial charge on any atom is -0.373 e. The van der Waals surface area contributed by atoms with E-state index in [2.05, 4.69) is 32.6 Å². The van der Waals surface area contributed by atoms with Crippen molar-refractivity contribution >= 4 is 0 Å². The average molecular weight is 185 g/mol. The first-order valence-corrected chi connectivity index (χ1v) is 5.47. The van der Waals surface area contributed by atoms with Crippen molar-refractivity contribution in [2.24, 2.45) is 0 Å². The molecule has 0 radical (unpaired) electrons. The topological polar surface area (TPSA) is 12.5 Å². The normalized spacial score (nSPS) is 23.8. The van der Waals surface area contributed by atoms with Crippen LogP contribution in [-0.4, -0.2) is 36.2 Å². The summed E-state index contributed by atoms with van der Waals surface area (Å²) in [6.07, 6.45) is 2.51. The molecule has 2 heteroatoms. The van der Waals surface area contributed by atoms with E-state index in [0.29, 0.717) is 0 Å². The maximum absolute atomic E-state index is 5.69. The molecule has 1 rings (SSSR count). The largest absolute Gasteiger partial charge is 0.373 e. The van der Waals surface area contributed by atoms with Crippen LogP contribution in [0.2, 0.25) is 0 Å². The van der Waals surface area contributed by atoms with E-state index in [1.165, 1.54) is 12.8 Å². The van der Waals surface area contributed by atoms with Crippen molar-refractivity contribution in [2.75, 3.05) is 19.7 Å². The third-order valence-electron chi connectivity index (χ3n) is 2.91. The Balaban J connectivity index is 2.50. The molecule has 0 atom stereocenters. The monoisotopic (exact) mass is 185 g/mol. The third kappa shape index (κ3) is 2.96. The number of morpholine rings is 1. The molecule has 0 bridgehead atoms. The van der Waals surface area contributed by atoms with Gasteiger partial charge >= 0.3 is 0 Å². The summed E-state index contributed by atoms with van der Waals surface area (Å²) in [6.45, 7) is 12.0. The zero-order valence-corrected chi connectivity index (χ0v) is 9.47. The van der Waals surface area contributed by atoms with Crippen molar-refractivity contribution in [2.45, 2.75) is 52.2 Å². The average Bonchev–Trinajstić information content (AvgIpc) is 2.05. The minimum absolute atomic E-state index is 0.0564. The fraction of sp³-hybridized carbons (Fsp3) is 1.00. The smallest absolute Gasteiger partial charge is 0.0753 e. The quantitative estimate of drug-likeness (QED) is 0.669. The molecule has 1 saturated heterocycles. The summed E-state index contributed by atoms with van der Waals surface area (Å²) in [4.78, 5) is 2.57. The highest BCUT2D eigenvalue weighted by Gasteiger charge is 2.29. The summed E-state index contributed by atoms with van der Waals surface area (Å²) in [5.41, 5.74) is 0.0564. The Bertz CT molecular complexity index is 152. The molecule has 1 heterocycles. The number of nitrogens with zero attached hydrogens (tertiary/aromatic N) is 1. The van der Waals surface area contributed by atoms with Crippen molar-refractivity contribution in [3.05, 3.63) is 0 Å². The highest BCUT2D eigenvalue weighted by molar-refractivity contribution is 4.82. The molecule has 0 amide bonds. The Labute approximate surface area is 82.3 Å². The van der Waals surface area contributed by atoms with Crippen LogP contribution in [0.15, 0.2) is 0 Å². The fourth-order valence-electron chi connectivity index (χ4n) is 2.17. The summed E-state index contributed by atoms with van der Waals surface area (Å²) in [7, 11) is 0. The molecular weight excluding hydrogens is 162 g/mol. The standard InChI is InChI=1S/C11H23NO/c1-5-10(6-2)12-7-8-13-11(3,4)9-12/h10H,5-9H2,1-4H3. The molecule has 0 N–H and O–H groups in total. The van der Waals surface area contributed by atoms with E-state index < -0.39 is 0 Å². The fourth-order valence-corrected chi connectivity index (χ4v) is 2.17. The van der Waals surface area contributed by atoms with E-state index in [1.54, 1.807) is 0 Å². The Kier molecular flexibility index (Phi) is 3.74. The Morgan fingerprint density at radius 2 is 1.92 bits per heavy atom. The molecule has 0 aromatic rings. The van der Waals surface area contributed by atoms with E-state index in [1.807, 2.05) is 0 Å². The second-order valence-electron chi connectivity index (χ2n) is 4.55. The van der Waals surface area contributed by atoms with Crippen molar-refractivity contribution in [1.29, 1.82) is 0 Å². The van der Waals surface area contributed by atoms with Gasteiger partial charge in [0.1, 0.15) is 0 Å². The lowest BCUT2D eigenvalue weighted by molar-refractivity contribution is -0.0976. The predicted molar refractivity (Wildman–Crippen MR) is 56.0 cm³/mol. The molecule has 1 fully saturated rings. The lowest BCUT2D eigenvalue weighted by Gasteiger charge is -2.41. The van der Waals surface area contributed by atoms with Crippen molar-refractivity contribution in [3.63, 3.8) is 0 Å². The highest BCUT2D eigenvalue weighted by atomic mass is 16.5. The number of rotatable bonds is 3. The van der Waals surface area contributed by atoms with Gasteiger partial charge in [-0.15, -0.1) is 0 Å². The van der Waals surface area contributed by atoms with E-state index in [0.717, 1.165) is 25.7 Å². The molecule has 13 heavy (non-hydrogen) atoms. The van der Waals surface area contributed by atoms with Crippen molar-refractivity contribution in [1.82, 2.24) is 4.90 Å². The van der Waals surface area contributed by atoms with Gasteiger partial charge in [0.05, 0.1) is 12.2 Å². The van der Waals surface area contributed by atoms with Crippen molar-refractivity contribution < 1.29 is 4.74 Å². The maximum Gasteiger partial charge on any atom is 0.0753 e. The van der Waals surface area contributed by atoms with Gasteiger partial charge in [-0.05, 0) is 26.7 Å². The summed E-state index contributed by atoms with van der Waals surface area (Å²) < 4.78 is 5.69. The van der Waals surface area contributed by atoms with E-state index in [4.69, 9.17) is 4.74 Å². The van der Waals surface area contributed by atoms with Gasteiger partial charge in [0.15, 0.2) is 0 Å². The lowest BCUT2D eigenvalue weighted by Crippen LogP contribution is -2.51. The number of hydrogen-bond acceptors (Lipinski definition) is 2. The van der Waals surface area contributed by atoms with Gasteiger partial charge in [-0.25, -0.2) is 0 Å². The number of hydrogen-bond donors (Lipinski definition) is 0. The van der Waals surface area contributed by atoms with Crippen LogP contribution in [0.5, 0.6) is 0 Å². The molecule has 0 aromatic carbocycles. The van der Waals surface area contributed by atoms with Gasteiger partial charge in [-0.1, -0.05) is 13.8 Å². The summed E-state index contributed by atoms with van der Waals surface area (Å²) in [5.74, 6) is 0. The molecule has 1 aliphatic heterocycles. The molecule has 0 aliphatic carbocycles. The molecule has 0 unspecified atom stereocenters. The molecule has 0 aromatic heterocycles. The summed E-state index contributed by atoms with van der Waals surface area (Å²) in [5, 5.41) is 0. The third-order valence-corrected chi connectivity index (χ3v) is 2.91. The molecule has 0 saturated carbocycles. The first kappa shape index (κ1) is 11.0. The van der Waals surface area contributed by atoms with Crippen LogP contribution in [-0.2, 0) is 4.74 Å². The highest BCUT2D eigenvalue weighted by Crippen LogP contribution is 2.20. The zero-order chi connectivity index (χ0) is 9.90. The van der Waals surface area contributed by atoms with Crippen LogP contribution >= 0.6 is 0 Å². The van der Waals surface area contributed by atoms with Crippen LogP contribution < -0.4 is 0 Å². The van der Waals surface area contributed by atoms with Gasteiger partial charge in [0, 0.05) is 19.1 Å². The van der Waals surface area contributed by atoms with E-state index in [9.17, 15) is 0 Å². The molecule has 0 spiro atoms. The van der Waals surface area contributed by atoms with Crippen LogP contribution in [0, 0.1) is 0 Å². The van der Waals surface area contributed by atoms with Gasteiger partial charge in [0.2, 0.25) is 0 Å². The molecule has 2 nitrogen and oxygen atoms in total. The van der Waals surface area contributed by atoms with Gasteiger partial charge in [-0.3, -0.25) is 4.90 Å². The minimum atomic E-state index is 0.0564. The summed E-state index contributed by atoms with van der Waals surface area (Å²) in [6, 6.07) is 0.753. The first-order chi connectivity index (χ1) is 6.09. The second-order valence-corrected chi connectivity index (χ2v) is 4.55. The second kappa shape index (κ2) is 4.43. The number of ether oxygens (including phenoxy) is 1. The molecule has 78 valence electrons. The van der Waals surface area contributed by atoms with Crippen LogP contribution in [0.25, 0.3) is 0 Å². The Morgan fingerprint density at radius 3 is 2.38 bits per heavy atom. The van der Waals surface area contributed by atoms with Gasteiger partial charge < -0.3 is 4.74 Å².